The summed E-state index contributed by atoms with van der Waals surface area (Å²) in [5.41, 5.74) is 1.03. The second-order valence-corrected chi connectivity index (χ2v) is 5.19. The van der Waals surface area contributed by atoms with Crippen LogP contribution >= 0.6 is 31.9 Å². The Morgan fingerprint density at radius 2 is 1.81 bits per heavy atom. The van der Waals surface area contributed by atoms with Crippen LogP contribution in [0.3, 0.4) is 0 Å². The predicted molar refractivity (Wildman–Crippen MR) is 72.6 cm³/mol. The van der Waals surface area contributed by atoms with E-state index in [1.807, 2.05) is 30.3 Å². The summed E-state index contributed by atoms with van der Waals surface area (Å²) < 4.78 is 7.41. The van der Waals surface area contributed by atoms with Crippen LogP contribution in [0.25, 0.3) is 0 Å². The normalized spacial score (nSPS) is 12.4. The number of hydrogen-bond acceptors (Lipinski definition) is 2. The molecule has 0 saturated heterocycles. The van der Waals surface area contributed by atoms with Crippen LogP contribution in [-0.4, -0.2) is 0 Å². The summed E-state index contributed by atoms with van der Waals surface area (Å²) in [7, 11) is 0. The molecule has 0 saturated carbocycles. The molecule has 1 atom stereocenters. The van der Waals surface area contributed by atoms with Gasteiger partial charge >= 0.3 is 0 Å². The largest absolute Gasteiger partial charge is 0.467 e. The summed E-state index contributed by atoms with van der Waals surface area (Å²) in [5.74, 6) is 0.919. The van der Waals surface area contributed by atoms with Crippen LogP contribution in [-0.2, 0) is 0 Å². The van der Waals surface area contributed by atoms with E-state index in [1.165, 1.54) is 0 Å². The van der Waals surface area contributed by atoms with E-state index < -0.39 is 0 Å². The van der Waals surface area contributed by atoms with Crippen molar-refractivity contribution in [3.63, 3.8) is 0 Å². The fourth-order valence-electron chi connectivity index (χ4n) is 1.46. The molecule has 0 aliphatic heterocycles. The Hall–Kier alpha value is -0.740. The SMILES string of the molecule is CC(Nc1c(Br)cccc1Br)c1ccco1. The molecule has 2 aromatic rings. The summed E-state index contributed by atoms with van der Waals surface area (Å²) in [4.78, 5) is 0. The highest BCUT2D eigenvalue weighted by atomic mass is 79.9. The molecule has 0 aliphatic rings. The Balaban J connectivity index is 2.21. The first-order chi connectivity index (χ1) is 7.68. The first-order valence-electron chi connectivity index (χ1n) is 4.92. The van der Waals surface area contributed by atoms with Crippen LogP contribution in [0.4, 0.5) is 5.69 Å². The number of furan rings is 1. The molecule has 1 aromatic carbocycles. The van der Waals surface area contributed by atoms with Gasteiger partial charge in [0, 0.05) is 8.95 Å². The van der Waals surface area contributed by atoms with Gasteiger partial charge in [-0.3, -0.25) is 0 Å². The molecule has 2 rings (SSSR count). The number of benzene rings is 1. The molecular weight excluding hydrogens is 334 g/mol. The van der Waals surface area contributed by atoms with Gasteiger partial charge in [0.25, 0.3) is 0 Å². The predicted octanol–water partition coefficient (Wildman–Crippen LogP) is 4.98. The molecule has 0 amide bonds. The molecule has 1 heterocycles. The molecule has 0 aliphatic carbocycles. The second-order valence-electron chi connectivity index (χ2n) is 3.48. The first-order valence-corrected chi connectivity index (χ1v) is 6.51. The van der Waals surface area contributed by atoms with Crippen molar-refractivity contribution in [1.82, 2.24) is 0 Å². The summed E-state index contributed by atoms with van der Waals surface area (Å²) in [6, 6.07) is 9.97. The Morgan fingerprint density at radius 3 is 2.38 bits per heavy atom. The van der Waals surface area contributed by atoms with Gasteiger partial charge in [0.05, 0.1) is 18.0 Å². The highest BCUT2D eigenvalue weighted by Gasteiger charge is 2.11. The smallest absolute Gasteiger partial charge is 0.125 e. The van der Waals surface area contributed by atoms with E-state index in [0.29, 0.717) is 0 Å². The zero-order valence-electron chi connectivity index (χ0n) is 8.71. The van der Waals surface area contributed by atoms with Gasteiger partial charge in [-0.1, -0.05) is 6.07 Å². The van der Waals surface area contributed by atoms with Crippen molar-refractivity contribution in [2.24, 2.45) is 0 Å². The van der Waals surface area contributed by atoms with Gasteiger partial charge in [0.2, 0.25) is 0 Å². The van der Waals surface area contributed by atoms with E-state index in [2.05, 4.69) is 44.1 Å². The Kier molecular flexibility index (Phi) is 3.71. The monoisotopic (exact) mass is 343 g/mol. The minimum atomic E-state index is 0.130. The van der Waals surface area contributed by atoms with Crippen molar-refractivity contribution in [2.45, 2.75) is 13.0 Å². The van der Waals surface area contributed by atoms with Crippen LogP contribution in [0.5, 0.6) is 0 Å². The van der Waals surface area contributed by atoms with Crippen LogP contribution in [0.15, 0.2) is 50.0 Å². The van der Waals surface area contributed by atoms with Crippen LogP contribution in [0.1, 0.15) is 18.7 Å². The number of rotatable bonds is 3. The topological polar surface area (TPSA) is 25.2 Å². The average Bonchev–Trinajstić information content (AvgIpc) is 2.76. The van der Waals surface area contributed by atoms with E-state index in [9.17, 15) is 0 Å². The number of anilines is 1. The van der Waals surface area contributed by atoms with Crippen molar-refractivity contribution in [3.8, 4) is 0 Å². The maximum atomic E-state index is 5.35. The minimum Gasteiger partial charge on any atom is -0.467 e. The molecule has 4 heteroatoms. The van der Waals surface area contributed by atoms with Crippen molar-refractivity contribution < 1.29 is 4.42 Å². The van der Waals surface area contributed by atoms with Gasteiger partial charge in [-0.05, 0) is 63.0 Å². The molecule has 84 valence electrons. The van der Waals surface area contributed by atoms with Gasteiger partial charge in [-0.2, -0.15) is 0 Å². The fraction of sp³-hybridized carbons (Fsp3) is 0.167. The number of halogens is 2. The van der Waals surface area contributed by atoms with Crippen molar-refractivity contribution >= 4 is 37.5 Å². The highest BCUT2D eigenvalue weighted by molar-refractivity contribution is 9.11. The molecule has 2 nitrogen and oxygen atoms in total. The summed E-state index contributed by atoms with van der Waals surface area (Å²) in [5, 5.41) is 3.39. The average molecular weight is 345 g/mol. The Labute approximate surface area is 111 Å². The Bertz CT molecular complexity index is 448. The lowest BCUT2D eigenvalue weighted by atomic mass is 10.2. The quantitative estimate of drug-likeness (QED) is 0.849. The van der Waals surface area contributed by atoms with Gasteiger partial charge in [0.15, 0.2) is 0 Å². The molecular formula is C12H11Br2NO. The zero-order valence-corrected chi connectivity index (χ0v) is 11.9. The molecule has 16 heavy (non-hydrogen) atoms. The van der Waals surface area contributed by atoms with E-state index in [-0.39, 0.29) is 6.04 Å². The first kappa shape index (κ1) is 11.7. The third-order valence-electron chi connectivity index (χ3n) is 2.29. The lowest BCUT2D eigenvalue weighted by Crippen LogP contribution is -2.06. The van der Waals surface area contributed by atoms with Gasteiger partial charge < -0.3 is 9.73 Å². The van der Waals surface area contributed by atoms with Crippen LogP contribution in [0, 0.1) is 0 Å². The lowest BCUT2D eigenvalue weighted by Gasteiger charge is -2.15. The number of hydrogen-bond donors (Lipinski definition) is 1. The van der Waals surface area contributed by atoms with Crippen molar-refractivity contribution in [2.75, 3.05) is 5.32 Å². The maximum Gasteiger partial charge on any atom is 0.125 e. The van der Waals surface area contributed by atoms with Crippen molar-refractivity contribution in [3.05, 3.63) is 51.3 Å². The second kappa shape index (κ2) is 5.06. The third-order valence-corrected chi connectivity index (χ3v) is 3.62. The van der Waals surface area contributed by atoms with E-state index in [0.717, 1.165) is 20.4 Å². The molecule has 1 unspecified atom stereocenters. The molecule has 0 bridgehead atoms. The zero-order chi connectivity index (χ0) is 11.5. The molecule has 0 fully saturated rings. The van der Waals surface area contributed by atoms with Gasteiger partial charge in [-0.25, -0.2) is 0 Å². The molecule has 1 aromatic heterocycles. The summed E-state index contributed by atoms with van der Waals surface area (Å²) in [6.07, 6.45) is 1.68. The lowest BCUT2D eigenvalue weighted by molar-refractivity contribution is 0.490. The van der Waals surface area contributed by atoms with Crippen LogP contribution in [0.2, 0.25) is 0 Å². The standard InChI is InChI=1S/C12H11Br2NO/c1-8(11-6-3-7-16-11)15-12-9(13)4-2-5-10(12)14/h2-8,15H,1H3. The summed E-state index contributed by atoms with van der Waals surface area (Å²) >= 11 is 7.03. The van der Waals surface area contributed by atoms with Gasteiger partial charge in [0.1, 0.15) is 5.76 Å². The molecule has 1 N–H and O–H groups in total. The summed E-state index contributed by atoms with van der Waals surface area (Å²) in [6.45, 7) is 2.06. The molecule has 0 radical (unpaired) electrons. The molecule has 0 spiro atoms. The minimum absolute atomic E-state index is 0.130. The fourth-order valence-corrected chi connectivity index (χ4v) is 2.69. The van der Waals surface area contributed by atoms with Crippen LogP contribution < -0.4 is 5.32 Å². The highest BCUT2D eigenvalue weighted by Crippen LogP contribution is 2.33. The van der Waals surface area contributed by atoms with E-state index >= 15 is 0 Å². The maximum absolute atomic E-state index is 5.35. The third kappa shape index (κ3) is 2.50. The number of nitrogens with one attached hydrogen (secondary N) is 1. The van der Waals surface area contributed by atoms with Gasteiger partial charge in [-0.15, -0.1) is 0 Å². The van der Waals surface area contributed by atoms with E-state index in [1.54, 1.807) is 6.26 Å². The van der Waals surface area contributed by atoms with Crippen molar-refractivity contribution in [1.29, 1.82) is 0 Å². The van der Waals surface area contributed by atoms with E-state index in [4.69, 9.17) is 4.42 Å². The Morgan fingerprint density at radius 1 is 1.12 bits per heavy atom. The number of para-hydroxylation sites is 1.